The van der Waals surface area contributed by atoms with Gasteiger partial charge in [0.1, 0.15) is 6.17 Å². The van der Waals surface area contributed by atoms with Gasteiger partial charge in [-0.2, -0.15) is 5.06 Å². The number of nitrogens with zero attached hydrogens (tertiary/aromatic N) is 2. The fourth-order valence-electron chi connectivity index (χ4n) is 2.99. The Hall–Kier alpha value is -0.950. The van der Waals surface area contributed by atoms with Crippen molar-refractivity contribution in [3.63, 3.8) is 0 Å². The Morgan fingerprint density at radius 2 is 1.86 bits per heavy atom. The summed E-state index contributed by atoms with van der Waals surface area (Å²) in [5.74, 6) is 0. The quantitative estimate of drug-likeness (QED) is 0.796. The third-order valence-electron chi connectivity index (χ3n) is 4.11. The van der Waals surface area contributed by atoms with E-state index in [4.69, 9.17) is 0 Å². The van der Waals surface area contributed by atoms with Crippen LogP contribution in [0.15, 0.2) is 54.6 Å². The first kappa shape index (κ1) is 15.0. The molecule has 1 aliphatic heterocycles. The molecule has 1 N–H and O–H groups in total. The second-order valence-corrected chi connectivity index (χ2v) is 6.66. The molecule has 1 heterocycles. The summed E-state index contributed by atoms with van der Waals surface area (Å²) in [5, 5.41) is 11.7. The van der Waals surface area contributed by atoms with Gasteiger partial charge in [-0.25, -0.2) is 0 Å². The molecule has 0 bridgehead atoms. The van der Waals surface area contributed by atoms with Gasteiger partial charge in [-0.05, 0) is 52.8 Å². The highest BCUT2D eigenvalue weighted by atomic mass is 127. The number of halogens is 1. The molecule has 3 rings (SSSR count). The zero-order valence-electron chi connectivity index (χ0n) is 12.0. The van der Waals surface area contributed by atoms with E-state index >= 15 is 0 Å². The Balaban J connectivity index is 1.91. The van der Waals surface area contributed by atoms with Gasteiger partial charge in [-0.3, -0.25) is 4.90 Å². The van der Waals surface area contributed by atoms with Crippen LogP contribution in [-0.2, 0) is 0 Å². The lowest BCUT2D eigenvalue weighted by molar-refractivity contribution is -0.132. The number of hydrogen-bond donors (Lipinski definition) is 1. The Morgan fingerprint density at radius 1 is 1.10 bits per heavy atom. The van der Waals surface area contributed by atoms with Crippen molar-refractivity contribution in [2.45, 2.75) is 19.1 Å². The molecule has 0 radical (unpaired) electrons. The van der Waals surface area contributed by atoms with Crippen LogP contribution in [0.1, 0.15) is 30.3 Å². The lowest BCUT2D eigenvalue weighted by atomic mass is 10.1. The van der Waals surface area contributed by atoms with Crippen LogP contribution in [0.4, 0.5) is 0 Å². The number of benzene rings is 2. The predicted molar refractivity (Wildman–Crippen MR) is 92.0 cm³/mol. The summed E-state index contributed by atoms with van der Waals surface area (Å²) in [6, 6.07) is 19.1. The van der Waals surface area contributed by atoms with Gasteiger partial charge in [0, 0.05) is 22.7 Å². The molecule has 1 fully saturated rings. The van der Waals surface area contributed by atoms with Crippen LogP contribution in [0.5, 0.6) is 0 Å². The topological polar surface area (TPSA) is 26.7 Å². The van der Waals surface area contributed by atoms with Crippen molar-refractivity contribution in [3.8, 4) is 0 Å². The van der Waals surface area contributed by atoms with Crippen molar-refractivity contribution < 1.29 is 5.21 Å². The summed E-state index contributed by atoms with van der Waals surface area (Å²) >= 11 is 2.32. The molecule has 1 aliphatic rings. The monoisotopic (exact) mass is 394 g/mol. The fourth-order valence-corrected chi connectivity index (χ4v) is 3.56. The lowest BCUT2D eigenvalue weighted by Gasteiger charge is -2.32. The smallest absolute Gasteiger partial charge is 0.113 e. The molecular weight excluding hydrogens is 375 g/mol. The molecule has 3 nitrogen and oxygen atoms in total. The molecule has 4 heteroatoms. The maximum absolute atomic E-state index is 10.3. The van der Waals surface area contributed by atoms with Crippen molar-refractivity contribution in [2.75, 3.05) is 13.1 Å². The maximum atomic E-state index is 10.3. The fraction of sp³-hybridized carbons (Fsp3) is 0.294. The van der Waals surface area contributed by atoms with Crippen molar-refractivity contribution in [1.29, 1.82) is 0 Å². The van der Waals surface area contributed by atoms with Crippen LogP contribution in [0.2, 0.25) is 0 Å². The van der Waals surface area contributed by atoms with E-state index in [9.17, 15) is 5.21 Å². The summed E-state index contributed by atoms with van der Waals surface area (Å²) in [5.41, 5.74) is 2.42. The minimum atomic E-state index is -0.0741. The van der Waals surface area contributed by atoms with Gasteiger partial charge >= 0.3 is 0 Å². The zero-order valence-corrected chi connectivity index (χ0v) is 14.1. The van der Waals surface area contributed by atoms with Gasteiger partial charge in [0.2, 0.25) is 0 Å². The van der Waals surface area contributed by atoms with Crippen molar-refractivity contribution in [2.24, 2.45) is 0 Å². The van der Waals surface area contributed by atoms with Crippen LogP contribution in [0.25, 0.3) is 0 Å². The molecule has 1 saturated heterocycles. The number of hydrogen-bond acceptors (Lipinski definition) is 3. The molecule has 110 valence electrons. The normalized spacial score (nSPS) is 21.6. The highest BCUT2D eigenvalue weighted by molar-refractivity contribution is 14.1. The summed E-state index contributed by atoms with van der Waals surface area (Å²) in [7, 11) is 0. The van der Waals surface area contributed by atoms with Gasteiger partial charge in [0.15, 0.2) is 0 Å². The molecule has 2 unspecified atom stereocenters. The van der Waals surface area contributed by atoms with E-state index < -0.39 is 0 Å². The second kappa shape index (κ2) is 6.44. The Bertz CT molecular complexity index is 605. The molecule has 2 aromatic carbocycles. The zero-order chi connectivity index (χ0) is 14.8. The van der Waals surface area contributed by atoms with E-state index in [1.165, 1.54) is 14.2 Å². The Morgan fingerprint density at radius 3 is 2.57 bits per heavy atom. The van der Waals surface area contributed by atoms with E-state index in [1.54, 1.807) is 0 Å². The lowest BCUT2D eigenvalue weighted by Crippen LogP contribution is -2.31. The van der Waals surface area contributed by atoms with Gasteiger partial charge in [0.25, 0.3) is 0 Å². The Labute approximate surface area is 139 Å². The van der Waals surface area contributed by atoms with Crippen LogP contribution < -0.4 is 0 Å². The summed E-state index contributed by atoms with van der Waals surface area (Å²) in [4.78, 5) is 2.35. The molecule has 0 spiro atoms. The van der Waals surface area contributed by atoms with Gasteiger partial charge < -0.3 is 5.21 Å². The van der Waals surface area contributed by atoms with Gasteiger partial charge in [-0.15, -0.1) is 0 Å². The molecule has 2 aromatic rings. The highest BCUT2D eigenvalue weighted by Crippen LogP contribution is 2.36. The van der Waals surface area contributed by atoms with Gasteiger partial charge in [-0.1, -0.05) is 42.5 Å². The van der Waals surface area contributed by atoms with Crippen molar-refractivity contribution in [3.05, 3.63) is 69.3 Å². The largest absolute Gasteiger partial charge is 0.312 e. The number of hydroxylamine groups is 2. The summed E-state index contributed by atoms with van der Waals surface area (Å²) in [6.45, 7) is 3.74. The second-order valence-electron chi connectivity index (χ2n) is 5.42. The molecular formula is C17H19IN2O. The molecule has 0 aliphatic carbocycles. The van der Waals surface area contributed by atoms with E-state index in [-0.39, 0.29) is 12.2 Å². The van der Waals surface area contributed by atoms with Crippen molar-refractivity contribution in [1.82, 2.24) is 9.96 Å². The van der Waals surface area contributed by atoms with Crippen molar-refractivity contribution >= 4 is 22.6 Å². The van der Waals surface area contributed by atoms with E-state index in [2.05, 4.69) is 82.9 Å². The molecule has 0 amide bonds. The minimum absolute atomic E-state index is 0.0741. The van der Waals surface area contributed by atoms with E-state index in [0.29, 0.717) is 6.54 Å². The first-order valence-electron chi connectivity index (χ1n) is 7.18. The first-order valence-corrected chi connectivity index (χ1v) is 8.26. The summed E-state index contributed by atoms with van der Waals surface area (Å²) in [6.07, 6.45) is -0.0741. The average Bonchev–Trinajstić information content (AvgIpc) is 2.89. The third-order valence-corrected chi connectivity index (χ3v) is 4.78. The SMILES string of the molecule is CC(c1ccccc1)N1CCN(O)C1c1cccc(I)c1. The average molecular weight is 394 g/mol. The molecule has 21 heavy (non-hydrogen) atoms. The highest BCUT2D eigenvalue weighted by Gasteiger charge is 2.35. The molecule has 2 atom stereocenters. The van der Waals surface area contributed by atoms with E-state index in [1.807, 2.05) is 6.07 Å². The van der Waals surface area contributed by atoms with Crippen LogP contribution >= 0.6 is 22.6 Å². The van der Waals surface area contributed by atoms with Gasteiger partial charge in [0.05, 0.1) is 0 Å². The first-order chi connectivity index (χ1) is 10.2. The maximum Gasteiger partial charge on any atom is 0.113 e. The standard InChI is InChI=1S/C17H19IN2O/c1-13(14-6-3-2-4-7-14)19-10-11-20(21)17(19)15-8-5-9-16(18)12-15/h2-9,12-13,17,21H,10-11H2,1H3. The van der Waals surface area contributed by atoms with Crippen LogP contribution in [0, 0.1) is 3.57 Å². The van der Waals surface area contributed by atoms with E-state index in [0.717, 1.165) is 12.1 Å². The van der Waals surface area contributed by atoms with Crippen LogP contribution in [0.3, 0.4) is 0 Å². The molecule has 0 saturated carbocycles. The minimum Gasteiger partial charge on any atom is -0.312 e. The number of rotatable bonds is 3. The predicted octanol–water partition coefficient (Wildman–Crippen LogP) is 4.06. The Kier molecular flexibility index (Phi) is 4.59. The summed E-state index contributed by atoms with van der Waals surface area (Å²) < 4.78 is 1.19. The third kappa shape index (κ3) is 3.13. The van der Waals surface area contributed by atoms with Crippen LogP contribution in [-0.4, -0.2) is 28.3 Å². The molecule has 0 aromatic heterocycles.